The zero-order chi connectivity index (χ0) is 22.5. The minimum absolute atomic E-state index is 0.0377. The molecule has 0 spiro atoms. The summed E-state index contributed by atoms with van der Waals surface area (Å²) in [6, 6.07) is 26.1. The molecule has 0 bridgehead atoms. The van der Waals surface area contributed by atoms with E-state index in [4.69, 9.17) is 9.72 Å². The molecule has 0 fully saturated rings. The van der Waals surface area contributed by atoms with E-state index in [1.807, 2.05) is 60.7 Å². The summed E-state index contributed by atoms with van der Waals surface area (Å²) in [5, 5.41) is 3.73. The highest BCUT2D eigenvalue weighted by Crippen LogP contribution is 2.26. The molecule has 0 atom stereocenters. The van der Waals surface area contributed by atoms with Crippen molar-refractivity contribution >= 4 is 28.4 Å². The van der Waals surface area contributed by atoms with Crippen molar-refractivity contribution in [1.29, 1.82) is 0 Å². The second-order valence-corrected chi connectivity index (χ2v) is 7.49. The fraction of sp³-hybridized carbons (Fsp3) is 0.115. The smallest absolute Gasteiger partial charge is 0.259 e. The number of aromatic nitrogens is 1. The molecule has 0 aliphatic carbocycles. The van der Waals surface area contributed by atoms with Crippen LogP contribution in [0, 0.1) is 0 Å². The monoisotopic (exact) mass is 425 g/mol. The summed E-state index contributed by atoms with van der Waals surface area (Å²) in [6.07, 6.45) is 0. The normalized spacial score (nSPS) is 10.6. The molecule has 6 heteroatoms. The molecule has 4 aromatic rings. The molecule has 160 valence electrons. The molecule has 1 heterocycles. The third kappa shape index (κ3) is 4.75. The zero-order valence-electron chi connectivity index (χ0n) is 17.9. The van der Waals surface area contributed by atoms with Gasteiger partial charge in [0.25, 0.3) is 11.8 Å². The number of hydrogen-bond acceptors (Lipinski definition) is 4. The maximum Gasteiger partial charge on any atom is 0.259 e. The number of likely N-dealkylation sites (N-methyl/N-ethyl adjacent to an activating group) is 1. The first-order valence-corrected chi connectivity index (χ1v) is 10.2. The first-order chi connectivity index (χ1) is 15.5. The molecule has 6 nitrogen and oxygen atoms in total. The largest absolute Gasteiger partial charge is 0.484 e. The summed E-state index contributed by atoms with van der Waals surface area (Å²) in [7, 11) is 3.35. The van der Waals surface area contributed by atoms with Gasteiger partial charge in [-0.25, -0.2) is 4.98 Å². The summed E-state index contributed by atoms with van der Waals surface area (Å²) in [5.41, 5.74) is 3.62. The van der Waals surface area contributed by atoms with Crippen molar-refractivity contribution in [1.82, 2.24) is 9.88 Å². The molecule has 4 rings (SSSR count). The van der Waals surface area contributed by atoms with E-state index in [1.54, 1.807) is 38.4 Å². The molecular weight excluding hydrogens is 402 g/mol. The highest BCUT2D eigenvalue weighted by Gasteiger charge is 2.14. The van der Waals surface area contributed by atoms with Gasteiger partial charge in [-0.1, -0.05) is 48.5 Å². The molecule has 0 aliphatic rings. The Balaban J connectivity index is 1.57. The summed E-state index contributed by atoms with van der Waals surface area (Å²) < 4.78 is 5.48. The third-order valence-electron chi connectivity index (χ3n) is 5.00. The molecule has 3 aromatic carbocycles. The number of carbonyl (C=O) groups is 2. The van der Waals surface area contributed by atoms with Gasteiger partial charge in [-0.2, -0.15) is 0 Å². The number of nitrogens with zero attached hydrogens (tertiary/aromatic N) is 2. The fourth-order valence-corrected chi connectivity index (χ4v) is 3.23. The molecule has 0 saturated heterocycles. The van der Waals surface area contributed by atoms with Crippen LogP contribution in [0.15, 0.2) is 84.9 Å². The van der Waals surface area contributed by atoms with Crippen LogP contribution in [0.1, 0.15) is 10.4 Å². The zero-order valence-corrected chi connectivity index (χ0v) is 17.9. The van der Waals surface area contributed by atoms with Gasteiger partial charge in [0.15, 0.2) is 6.61 Å². The lowest BCUT2D eigenvalue weighted by molar-refractivity contribution is -0.130. The van der Waals surface area contributed by atoms with Crippen molar-refractivity contribution in [2.24, 2.45) is 0 Å². The van der Waals surface area contributed by atoms with Gasteiger partial charge in [-0.05, 0) is 36.4 Å². The summed E-state index contributed by atoms with van der Waals surface area (Å²) in [6.45, 7) is -0.0377. The van der Waals surface area contributed by atoms with E-state index in [0.717, 1.165) is 22.2 Å². The Morgan fingerprint density at radius 2 is 1.59 bits per heavy atom. The van der Waals surface area contributed by atoms with Gasteiger partial charge in [0.2, 0.25) is 0 Å². The third-order valence-corrected chi connectivity index (χ3v) is 5.00. The number of pyridine rings is 1. The van der Waals surface area contributed by atoms with Crippen molar-refractivity contribution in [3.63, 3.8) is 0 Å². The minimum atomic E-state index is -0.225. The Bertz CT molecular complexity index is 1250. The summed E-state index contributed by atoms with van der Waals surface area (Å²) in [4.78, 5) is 31.0. The number of amides is 2. The molecule has 0 aliphatic heterocycles. The topological polar surface area (TPSA) is 71.5 Å². The first-order valence-electron chi connectivity index (χ1n) is 10.2. The lowest BCUT2D eigenvalue weighted by atomic mass is 10.0. The fourth-order valence-electron chi connectivity index (χ4n) is 3.23. The van der Waals surface area contributed by atoms with Crippen LogP contribution in [0.2, 0.25) is 0 Å². The molecular formula is C26H23N3O3. The Hall–Kier alpha value is -4.19. The highest BCUT2D eigenvalue weighted by atomic mass is 16.5. The maximum absolute atomic E-state index is 13.2. The highest BCUT2D eigenvalue weighted by molar-refractivity contribution is 6.13. The molecule has 0 unspecified atom stereocenters. The number of fused-ring (bicyclic) bond motifs is 1. The van der Waals surface area contributed by atoms with Gasteiger partial charge in [-0.3, -0.25) is 9.59 Å². The Morgan fingerprint density at radius 3 is 2.31 bits per heavy atom. The molecule has 0 saturated carbocycles. The predicted molar refractivity (Wildman–Crippen MR) is 126 cm³/mol. The van der Waals surface area contributed by atoms with Crippen LogP contribution in [0.5, 0.6) is 5.75 Å². The second-order valence-electron chi connectivity index (χ2n) is 7.49. The van der Waals surface area contributed by atoms with Gasteiger partial charge in [-0.15, -0.1) is 0 Å². The van der Waals surface area contributed by atoms with Crippen LogP contribution >= 0.6 is 0 Å². The van der Waals surface area contributed by atoms with Crippen LogP contribution in [0.3, 0.4) is 0 Å². The SMILES string of the molecule is CN(C)C(=O)COc1ccc(NC(=O)c2cc(-c3ccccc3)nc3ccccc23)cc1. The first kappa shape index (κ1) is 21.1. The van der Waals surface area contributed by atoms with E-state index in [-0.39, 0.29) is 18.4 Å². The minimum Gasteiger partial charge on any atom is -0.484 e. The average molecular weight is 425 g/mol. The van der Waals surface area contributed by atoms with E-state index < -0.39 is 0 Å². The number of carbonyl (C=O) groups excluding carboxylic acids is 2. The van der Waals surface area contributed by atoms with E-state index in [1.165, 1.54) is 4.90 Å². The Labute approximate surface area is 186 Å². The van der Waals surface area contributed by atoms with Crippen LogP contribution < -0.4 is 10.1 Å². The standard InChI is InChI=1S/C26H23N3O3/c1-29(2)25(30)17-32-20-14-12-19(13-15-20)27-26(31)22-16-24(18-8-4-3-5-9-18)28-23-11-7-6-10-21(22)23/h3-16H,17H2,1-2H3,(H,27,31). The number of benzene rings is 3. The number of rotatable bonds is 6. The van der Waals surface area contributed by atoms with Crippen LogP contribution in [-0.4, -0.2) is 42.4 Å². The van der Waals surface area contributed by atoms with Gasteiger partial charge in [0, 0.05) is 30.7 Å². The van der Waals surface area contributed by atoms with Gasteiger partial charge in [0.1, 0.15) is 5.75 Å². The van der Waals surface area contributed by atoms with E-state index in [0.29, 0.717) is 17.0 Å². The van der Waals surface area contributed by atoms with Crippen LogP contribution in [0.25, 0.3) is 22.2 Å². The van der Waals surface area contributed by atoms with E-state index in [9.17, 15) is 9.59 Å². The number of ether oxygens (including phenoxy) is 1. The summed E-state index contributed by atoms with van der Waals surface area (Å²) >= 11 is 0. The van der Waals surface area contributed by atoms with Gasteiger partial charge >= 0.3 is 0 Å². The van der Waals surface area contributed by atoms with Crippen molar-refractivity contribution in [2.75, 3.05) is 26.0 Å². The quantitative estimate of drug-likeness (QED) is 0.489. The average Bonchev–Trinajstić information content (AvgIpc) is 2.83. The molecule has 32 heavy (non-hydrogen) atoms. The van der Waals surface area contributed by atoms with Gasteiger partial charge < -0.3 is 15.0 Å². The Kier molecular flexibility index (Phi) is 6.12. The van der Waals surface area contributed by atoms with E-state index in [2.05, 4.69) is 5.32 Å². The van der Waals surface area contributed by atoms with Crippen molar-refractivity contribution < 1.29 is 14.3 Å². The van der Waals surface area contributed by atoms with Crippen molar-refractivity contribution in [2.45, 2.75) is 0 Å². The van der Waals surface area contributed by atoms with Crippen LogP contribution in [0.4, 0.5) is 5.69 Å². The number of hydrogen-bond donors (Lipinski definition) is 1. The predicted octanol–water partition coefficient (Wildman–Crippen LogP) is 4.62. The number of anilines is 1. The van der Waals surface area contributed by atoms with Crippen molar-refractivity contribution in [3.05, 3.63) is 90.5 Å². The molecule has 2 amide bonds. The van der Waals surface area contributed by atoms with Crippen LogP contribution in [-0.2, 0) is 4.79 Å². The Morgan fingerprint density at radius 1 is 0.906 bits per heavy atom. The molecule has 1 N–H and O–H groups in total. The molecule has 0 radical (unpaired) electrons. The summed E-state index contributed by atoms with van der Waals surface area (Å²) in [5.74, 6) is 0.206. The second kappa shape index (κ2) is 9.31. The number of nitrogens with one attached hydrogen (secondary N) is 1. The lowest BCUT2D eigenvalue weighted by Gasteiger charge is -2.12. The maximum atomic E-state index is 13.2. The van der Waals surface area contributed by atoms with Gasteiger partial charge in [0.05, 0.1) is 16.8 Å². The number of para-hydroxylation sites is 1. The van der Waals surface area contributed by atoms with Crippen molar-refractivity contribution in [3.8, 4) is 17.0 Å². The molecule has 1 aromatic heterocycles. The van der Waals surface area contributed by atoms with E-state index >= 15 is 0 Å². The lowest BCUT2D eigenvalue weighted by Crippen LogP contribution is -2.27.